The van der Waals surface area contributed by atoms with Gasteiger partial charge in [0.25, 0.3) is 0 Å². The smallest absolute Gasteiger partial charge is 0.396 e. The fraction of sp³-hybridized carbons (Fsp3) is 0.0909. The highest BCUT2D eigenvalue weighted by Crippen LogP contribution is 2.32. The van der Waals surface area contributed by atoms with Crippen molar-refractivity contribution >= 4 is 11.4 Å². The van der Waals surface area contributed by atoms with Crippen LogP contribution < -0.4 is 5.73 Å². The highest BCUT2D eigenvalue weighted by Gasteiger charge is 2.35. The van der Waals surface area contributed by atoms with E-state index >= 15 is 0 Å². The second-order valence-corrected chi connectivity index (χ2v) is 3.54. The van der Waals surface area contributed by atoms with Crippen LogP contribution in [-0.4, -0.2) is 15.0 Å². The van der Waals surface area contributed by atoms with Crippen LogP contribution in [0.3, 0.4) is 0 Å². The van der Waals surface area contributed by atoms with Crippen molar-refractivity contribution in [1.82, 2.24) is 15.0 Å². The Morgan fingerprint density at radius 2 is 1.95 bits per heavy atom. The average molecular weight is 265 g/mol. The highest BCUT2D eigenvalue weighted by atomic mass is 19.4. The zero-order chi connectivity index (χ0) is 14.0. The molecule has 0 saturated carbocycles. The Kier molecular flexibility index (Phi) is 3.04. The van der Waals surface area contributed by atoms with Crippen LogP contribution in [-0.2, 0) is 6.18 Å². The maximum absolute atomic E-state index is 12.7. The SMILES string of the molecule is [C-]#[N+]c1cncc(-c2ncc(N)c(C(F)(F)F)n2)c1. The number of aromatic nitrogens is 3. The van der Waals surface area contributed by atoms with E-state index in [1.165, 1.54) is 18.5 Å². The first-order valence-electron chi connectivity index (χ1n) is 4.94. The largest absolute Gasteiger partial charge is 0.435 e. The summed E-state index contributed by atoms with van der Waals surface area (Å²) in [6.07, 6.45) is -1.21. The van der Waals surface area contributed by atoms with E-state index in [9.17, 15) is 13.2 Å². The van der Waals surface area contributed by atoms with Crippen LogP contribution in [0.25, 0.3) is 16.2 Å². The molecule has 0 fully saturated rings. The van der Waals surface area contributed by atoms with E-state index in [4.69, 9.17) is 12.3 Å². The quantitative estimate of drug-likeness (QED) is 0.805. The number of hydrogen-bond donors (Lipinski definition) is 1. The van der Waals surface area contributed by atoms with Gasteiger partial charge in [0.2, 0.25) is 5.69 Å². The fourth-order valence-corrected chi connectivity index (χ4v) is 1.37. The van der Waals surface area contributed by atoms with Gasteiger partial charge in [0.15, 0.2) is 11.5 Å². The molecule has 0 aromatic carbocycles. The van der Waals surface area contributed by atoms with E-state index in [1.54, 1.807) is 0 Å². The molecule has 0 radical (unpaired) electrons. The first-order valence-corrected chi connectivity index (χ1v) is 4.94. The molecule has 0 aliphatic heterocycles. The lowest BCUT2D eigenvalue weighted by molar-refractivity contribution is -0.140. The van der Waals surface area contributed by atoms with Gasteiger partial charge in [0, 0.05) is 18.0 Å². The van der Waals surface area contributed by atoms with Gasteiger partial charge >= 0.3 is 6.18 Å². The summed E-state index contributed by atoms with van der Waals surface area (Å²) in [5.41, 5.74) is 3.85. The second kappa shape index (κ2) is 4.53. The van der Waals surface area contributed by atoms with Crippen LogP contribution in [0, 0.1) is 6.57 Å². The highest BCUT2D eigenvalue weighted by molar-refractivity contribution is 5.62. The standard InChI is InChI=1S/C11H6F3N5/c1-16-7-2-6(3-17-4-7)10-18-5-8(15)9(19-10)11(12,13)14/h2-5H,15H2. The number of alkyl halides is 3. The van der Waals surface area contributed by atoms with E-state index in [0.717, 1.165) is 6.20 Å². The van der Waals surface area contributed by atoms with E-state index in [1.807, 2.05) is 0 Å². The Bertz CT molecular complexity index is 660. The van der Waals surface area contributed by atoms with Crippen molar-refractivity contribution in [2.75, 3.05) is 5.73 Å². The lowest BCUT2D eigenvalue weighted by atomic mass is 10.2. The number of anilines is 1. The molecular formula is C11H6F3N5. The molecule has 0 amide bonds. The Labute approximate surface area is 105 Å². The lowest BCUT2D eigenvalue weighted by Gasteiger charge is -2.09. The summed E-state index contributed by atoms with van der Waals surface area (Å²) >= 11 is 0. The van der Waals surface area contributed by atoms with Crippen molar-refractivity contribution < 1.29 is 13.2 Å². The van der Waals surface area contributed by atoms with Crippen LogP contribution in [0.4, 0.5) is 24.5 Å². The normalized spacial score (nSPS) is 11.1. The molecule has 0 spiro atoms. The molecule has 19 heavy (non-hydrogen) atoms. The van der Waals surface area contributed by atoms with Crippen molar-refractivity contribution in [2.45, 2.75) is 6.18 Å². The molecule has 2 N–H and O–H groups in total. The number of rotatable bonds is 1. The second-order valence-electron chi connectivity index (χ2n) is 3.54. The minimum Gasteiger partial charge on any atom is -0.396 e. The van der Waals surface area contributed by atoms with Crippen LogP contribution in [0.2, 0.25) is 0 Å². The van der Waals surface area contributed by atoms with Gasteiger partial charge in [-0.3, -0.25) is 4.98 Å². The van der Waals surface area contributed by atoms with Crippen LogP contribution in [0.15, 0.2) is 24.7 Å². The summed E-state index contributed by atoms with van der Waals surface area (Å²) in [6.45, 7) is 6.82. The number of nitrogens with zero attached hydrogens (tertiary/aromatic N) is 4. The van der Waals surface area contributed by atoms with Crippen LogP contribution >= 0.6 is 0 Å². The Morgan fingerprint density at radius 3 is 2.58 bits per heavy atom. The number of nitrogen functional groups attached to an aromatic ring is 1. The zero-order valence-electron chi connectivity index (χ0n) is 9.31. The Morgan fingerprint density at radius 1 is 1.21 bits per heavy atom. The molecule has 2 aromatic heterocycles. The van der Waals surface area contributed by atoms with Crippen molar-refractivity contribution in [3.05, 3.63) is 41.8 Å². The summed E-state index contributed by atoms with van der Waals surface area (Å²) in [7, 11) is 0. The Balaban J connectivity index is 2.55. The first-order chi connectivity index (χ1) is 8.91. The summed E-state index contributed by atoms with van der Waals surface area (Å²) in [5.74, 6) is -0.181. The van der Waals surface area contributed by atoms with Gasteiger partial charge in [-0.15, -0.1) is 0 Å². The van der Waals surface area contributed by atoms with Crippen molar-refractivity contribution in [3.8, 4) is 11.4 Å². The van der Waals surface area contributed by atoms with Gasteiger partial charge < -0.3 is 5.73 Å². The molecule has 0 aliphatic carbocycles. The van der Waals surface area contributed by atoms with Crippen molar-refractivity contribution in [3.63, 3.8) is 0 Å². The summed E-state index contributed by atoms with van der Waals surface area (Å²) in [4.78, 5) is 14.0. The average Bonchev–Trinajstić information content (AvgIpc) is 2.38. The van der Waals surface area contributed by atoms with E-state index in [-0.39, 0.29) is 17.1 Å². The molecule has 8 heteroatoms. The van der Waals surface area contributed by atoms with Gasteiger partial charge in [-0.1, -0.05) is 0 Å². The molecule has 0 aliphatic rings. The van der Waals surface area contributed by atoms with E-state index < -0.39 is 17.6 Å². The third-order valence-electron chi connectivity index (χ3n) is 2.20. The van der Waals surface area contributed by atoms with Gasteiger partial charge in [-0.05, 0) is 6.07 Å². The molecule has 96 valence electrons. The summed E-state index contributed by atoms with van der Waals surface area (Å²) < 4.78 is 38.0. The molecule has 2 heterocycles. The maximum atomic E-state index is 12.7. The molecule has 2 rings (SSSR count). The zero-order valence-corrected chi connectivity index (χ0v) is 9.31. The van der Waals surface area contributed by atoms with Gasteiger partial charge in [0.05, 0.1) is 18.5 Å². The maximum Gasteiger partial charge on any atom is 0.435 e. The van der Waals surface area contributed by atoms with Gasteiger partial charge in [-0.2, -0.15) is 13.2 Å². The molecular weight excluding hydrogens is 259 g/mol. The number of pyridine rings is 1. The lowest BCUT2D eigenvalue weighted by Crippen LogP contribution is -2.13. The van der Waals surface area contributed by atoms with Gasteiger partial charge in [0.1, 0.15) is 0 Å². The topological polar surface area (TPSA) is 69.0 Å². The van der Waals surface area contributed by atoms with Crippen LogP contribution in [0.5, 0.6) is 0 Å². The molecule has 0 saturated heterocycles. The monoisotopic (exact) mass is 265 g/mol. The minimum absolute atomic E-state index is 0.181. The fourth-order valence-electron chi connectivity index (χ4n) is 1.37. The predicted molar refractivity (Wildman–Crippen MR) is 60.9 cm³/mol. The molecule has 2 aromatic rings. The van der Waals surface area contributed by atoms with Crippen molar-refractivity contribution in [1.29, 1.82) is 0 Å². The first kappa shape index (κ1) is 12.8. The van der Waals surface area contributed by atoms with E-state index in [0.29, 0.717) is 0 Å². The molecule has 0 bridgehead atoms. The summed E-state index contributed by atoms with van der Waals surface area (Å²) in [6, 6.07) is 1.35. The number of nitrogens with two attached hydrogens (primary N) is 1. The van der Waals surface area contributed by atoms with Gasteiger partial charge in [-0.25, -0.2) is 14.8 Å². The summed E-state index contributed by atoms with van der Waals surface area (Å²) in [5, 5.41) is 0. The van der Waals surface area contributed by atoms with E-state index in [2.05, 4.69) is 19.8 Å². The third kappa shape index (κ3) is 2.60. The molecule has 0 unspecified atom stereocenters. The minimum atomic E-state index is -4.66. The number of hydrogen-bond acceptors (Lipinski definition) is 4. The predicted octanol–water partition coefficient (Wildman–Crippen LogP) is 2.69. The van der Waals surface area contributed by atoms with Crippen LogP contribution in [0.1, 0.15) is 5.69 Å². The molecule has 0 atom stereocenters. The third-order valence-corrected chi connectivity index (χ3v) is 2.20. The number of halogens is 3. The Hall–Kier alpha value is -2.69. The van der Waals surface area contributed by atoms with Crippen molar-refractivity contribution in [2.24, 2.45) is 0 Å². The molecule has 5 nitrogen and oxygen atoms in total.